The van der Waals surface area contributed by atoms with Crippen molar-refractivity contribution in [1.82, 2.24) is 0 Å². The zero-order valence-corrected chi connectivity index (χ0v) is 10.1. The van der Waals surface area contributed by atoms with Gasteiger partial charge in [0, 0.05) is 12.2 Å². The second kappa shape index (κ2) is 5.08. The number of anilines is 1. The smallest absolute Gasteiger partial charge is 0.414 e. The van der Waals surface area contributed by atoms with E-state index in [0.717, 1.165) is 6.42 Å². The van der Waals surface area contributed by atoms with Gasteiger partial charge in [0.05, 0.1) is 0 Å². The maximum atomic E-state index is 11.6. The minimum absolute atomic E-state index is 0.0578. The maximum absolute atomic E-state index is 11.6. The van der Waals surface area contributed by atoms with Crippen molar-refractivity contribution in [2.24, 2.45) is 5.92 Å². The molecule has 0 aliphatic carbocycles. The summed E-state index contributed by atoms with van der Waals surface area (Å²) in [7, 11) is 0. The maximum Gasteiger partial charge on any atom is 0.414 e. The molecule has 1 heterocycles. The SMILES string of the molecule is CCc1ccc(N2CC(C(=O)O)COC2=O)cc1. The highest BCUT2D eigenvalue weighted by atomic mass is 16.6. The molecule has 1 aliphatic rings. The summed E-state index contributed by atoms with van der Waals surface area (Å²) >= 11 is 0. The number of cyclic esters (lactones) is 1. The number of ether oxygens (including phenoxy) is 1. The van der Waals surface area contributed by atoms with Crippen molar-refractivity contribution in [3.63, 3.8) is 0 Å². The monoisotopic (exact) mass is 249 g/mol. The van der Waals surface area contributed by atoms with Crippen molar-refractivity contribution in [2.75, 3.05) is 18.1 Å². The Hall–Kier alpha value is -2.04. The first-order valence-corrected chi connectivity index (χ1v) is 5.88. The normalized spacial score (nSPS) is 19.5. The summed E-state index contributed by atoms with van der Waals surface area (Å²) in [5.41, 5.74) is 1.84. The second-order valence-corrected chi connectivity index (χ2v) is 4.24. The molecule has 1 N–H and O–H groups in total. The molecule has 1 amide bonds. The summed E-state index contributed by atoms with van der Waals surface area (Å²) in [5.74, 6) is -1.62. The van der Waals surface area contributed by atoms with Crippen LogP contribution in [0.4, 0.5) is 10.5 Å². The molecule has 18 heavy (non-hydrogen) atoms. The van der Waals surface area contributed by atoms with Crippen LogP contribution in [-0.4, -0.2) is 30.3 Å². The number of carbonyl (C=O) groups is 2. The lowest BCUT2D eigenvalue weighted by Gasteiger charge is -2.30. The molecule has 1 unspecified atom stereocenters. The van der Waals surface area contributed by atoms with Gasteiger partial charge < -0.3 is 9.84 Å². The van der Waals surface area contributed by atoms with Crippen LogP contribution in [0, 0.1) is 5.92 Å². The fraction of sp³-hybridized carbons (Fsp3) is 0.385. The number of benzene rings is 1. The number of carbonyl (C=O) groups excluding carboxylic acids is 1. The van der Waals surface area contributed by atoms with Crippen LogP contribution in [0.1, 0.15) is 12.5 Å². The van der Waals surface area contributed by atoms with E-state index in [1.807, 2.05) is 31.2 Å². The third kappa shape index (κ3) is 2.45. The third-order valence-electron chi connectivity index (χ3n) is 3.04. The number of rotatable bonds is 3. The molecular formula is C13H15NO4. The number of aryl methyl sites for hydroxylation is 1. The highest BCUT2D eigenvalue weighted by Gasteiger charge is 2.32. The van der Waals surface area contributed by atoms with Gasteiger partial charge in [-0.05, 0) is 24.1 Å². The zero-order valence-electron chi connectivity index (χ0n) is 10.1. The molecule has 0 aromatic heterocycles. The number of carboxylic acids is 1. The van der Waals surface area contributed by atoms with Crippen LogP contribution in [0.5, 0.6) is 0 Å². The van der Waals surface area contributed by atoms with E-state index in [1.165, 1.54) is 10.5 Å². The summed E-state index contributed by atoms with van der Waals surface area (Å²) < 4.78 is 4.88. The number of aliphatic carboxylic acids is 1. The van der Waals surface area contributed by atoms with Crippen molar-refractivity contribution in [1.29, 1.82) is 0 Å². The molecule has 0 bridgehead atoms. The summed E-state index contributed by atoms with van der Waals surface area (Å²) in [6, 6.07) is 7.47. The first-order chi connectivity index (χ1) is 8.61. The summed E-state index contributed by atoms with van der Waals surface area (Å²) in [4.78, 5) is 23.9. The fourth-order valence-corrected chi connectivity index (χ4v) is 1.87. The first-order valence-electron chi connectivity index (χ1n) is 5.88. The number of hydrogen-bond acceptors (Lipinski definition) is 3. The molecule has 1 aromatic carbocycles. The van der Waals surface area contributed by atoms with Gasteiger partial charge in [-0.3, -0.25) is 9.69 Å². The average molecular weight is 249 g/mol. The van der Waals surface area contributed by atoms with Crippen LogP contribution in [0.3, 0.4) is 0 Å². The third-order valence-corrected chi connectivity index (χ3v) is 3.04. The standard InChI is InChI=1S/C13H15NO4/c1-2-9-3-5-11(6-4-9)14-7-10(12(15)16)8-18-13(14)17/h3-6,10H,2,7-8H2,1H3,(H,15,16). The van der Waals surface area contributed by atoms with Crippen LogP contribution >= 0.6 is 0 Å². The summed E-state index contributed by atoms with van der Waals surface area (Å²) in [5, 5.41) is 8.95. The largest absolute Gasteiger partial charge is 0.481 e. The Labute approximate surface area is 105 Å². The van der Waals surface area contributed by atoms with E-state index >= 15 is 0 Å². The van der Waals surface area contributed by atoms with E-state index in [1.54, 1.807) is 0 Å². The Morgan fingerprint density at radius 2 is 2.11 bits per heavy atom. The van der Waals surface area contributed by atoms with E-state index in [4.69, 9.17) is 9.84 Å². The molecule has 5 heteroatoms. The number of hydrogen-bond donors (Lipinski definition) is 1. The molecule has 1 aromatic rings. The first kappa shape index (κ1) is 12.4. The van der Waals surface area contributed by atoms with Crippen molar-refractivity contribution >= 4 is 17.7 Å². The highest BCUT2D eigenvalue weighted by Crippen LogP contribution is 2.21. The minimum atomic E-state index is -0.947. The van der Waals surface area contributed by atoms with E-state index in [0.29, 0.717) is 5.69 Å². The van der Waals surface area contributed by atoms with E-state index in [9.17, 15) is 9.59 Å². The van der Waals surface area contributed by atoms with Crippen LogP contribution in [0.15, 0.2) is 24.3 Å². The van der Waals surface area contributed by atoms with Gasteiger partial charge in [0.1, 0.15) is 12.5 Å². The lowest BCUT2D eigenvalue weighted by atomic mass is 10.1. The lowest BCUT2D eigenvalue weighted by Crippen LogP contribution is -2.45. The van der Waals surface area contributed by atoms with Crippen molar-refractivity contribution < 1.29 is 19.4 Å². The predicted octanol–water partition coefficient (Wildman–Crippen LogP) is 1.91. The van der Waals surface area contributed by atoms with Gasteiger partial charge in [0.25, 0.3) is 0 Å². The summed E-state index contributed by atoms with van der Waals surface area (Å²) in [6.07, 6.45) is 0.430. The number of amides is 1. The van der Waals surface area contributed by atoms with Gasteiger partial charge in [-0.2, -0.15) is 0 Å². The predicted molar refractivity (Wildman–Crippen MR) is 65.6 cm³/mol. The van der Waals surface area contributed by atoms with Gasteiger partial charge in [-0.15, -0.1) is 0 Å². The van der Waals surface area contributed by atoms with Crippen molar-refractivity contribution in [3.8, 4) is 0 Å². The molecular weight excluding hydrogens is 234 g/mol. The minimum Gasteiger partial charge on any atom is -0.481 e. The molecule has 1 atom stereocenters. The number of carboxylic acid groups (broad SMARTS) is 1. The Morgan fingerprint density at radius 3 is 2.67 bits per heavy atom. The molecule has 0 spiro atoms. The zero-order chi connectivity index (χ0) is 13.1. The van der Waals surface area contributed by atoms with Crippen LogP contribution in [0.2, 0.25) is 0 Å². The van der Waals surface area contributed by atoms with Crippen LogP contribution < -0.4 is 4.90 Å². The Bertz CT molecular complexity index is 455. The van der Waals surface area contributed by atoms with Crippen LogP contribution in [0.25, 0.3) is 0 Å². The Morgan fingerprint density at radius 1 is 1.44 bits per heavy atom. The van der Waals surface area contributed by atoms with E-state index in [2.05, 4.69) is 0 Å². The average Bonchev–Trinajstić information content (AvgIpc) is 2.39. The lowest BCUT2D eigenvalue weighted by molar-refractivity contribution is -0.143. The molecule has 1 aliphatic heterocycles. The van der Waals surface area contributed by atoms with Gasteiger partial charge >= 0.3 is 12.1 Å². The molecule has 1 saturated heterocycles. The molecule has 0 radical (unpaired) electrons. The molecule has 5 nitrogen and oxygen atoms in total. The topological polar surface area (TPSA) is 66.8 Å². The highest BCUT2D eigenvalue weighted by molar-refractivity contribution is 5.90. The van der Waals surface area contributed by atoms with Crippen LogP contribution in [-0.2, 0) is 16.0 Å². The summed E-state index contributed by atoms with van der Waals surface area (Å²) in [6.45, 7) is 2.14. The van der Waals surface area contributed by atoms with E-state index < -0.39 is 18.0 Å². The fourth-order valence-electron chi connectivity index (χ4n) is 1.87. The Balaban J connectivity index is 2.18. The van der Waals surface area contributed by atoms with Gasteiger partial charge in [-0.1, -0.05) is 19.1 Å². The van der Waals surface area contributed by atoms with Gasteiger partial charge in [0.2, 0.25) is 0 Å². The van der Waals surface area contributed by atoms with Gasteiger partial charge in [0.15, 0.2) is 0 Å². The van der Waals surface area contributed by atoms with E-state index in [-0.39, 0.29) is 13.2 Å². The molecule has 1 fully saturated rings. The Kier molecular flexibility index (Phi) is 3.50. The quantitative estimate of drug-likeness (QED) is 0.888. The molecule has 0 saturated carbocycles. The van der Waals surface area contributed by atoms with Crippen molar-refractivity contribution in [3.05, 3.63) is 29.8 Å². The van der Waals surface area contributed by atoms with Gasteiger partial charge in [-0.25, -0.2) is 4.79 Å². The number of nitrogens with zero attached hydrogens (tertiary/aromatic N) is 1. The second-order valence-electron chi connectivity index (χ2n) is 4.24. The molecule has 2 rings (SSSR count). The van der Waals surface area contributed by atoms with Crippen molar-refractivity contribution in [2.45, 2.75) is 13.3 Å². The molecule has 96 valence electrons.